The van der Waals surface area contributed by atoms with Crippen LogP contribution in [0.15, 0.2) is 18.5 Å². The number of imidazole rings is 1. The maximum absolute atomic E-state index is 12.5. The third kappa shape index (κ3) is 3.79. The van der Waals surface area contributed by atoms with E-state index in [-0.39, 0.29) is 11.8 Å². The van der Waals surface area contributed by atoms with Crippen molar-refractivity contribution in [1.29, 1.82) is 0 Å². The first-order valence-corrected chi connectivity index (χ1v) is 10.6. The lowest BCUT2D eigenvalue weighted by molar-refractivity contribution is 0.0542. The Labute approximate surface area is 160 Å². The molecule has 0 radical (unpaired) electrons. The highest BCUT2D eigenvalue weighted by atomic mass is 31.1. The SMILES string of the molecule is Cn1cnc2c(OC3CN(C(=O)PC4CCCCC4)C3)cc(C(N)=O)cc21. The van der Waals surface area contributed by atoms with Crippen molar-refractivity contribution in [1.82, 2.24) is 14.5 Å². The van der Waals surface area contributed by atoms with Gasteiger partial charge in [-0.2, -0.15) is 0 Å². The van der Waals surface area contributed by atoms with Crippen molar-refractivity contribution >= 4 is 31.2 Å². The topological polar surface area (TPSA) is 90.4 Å². The molecule has 27 heavy (non-hydrogen) atoms. The Balaban J connectivity index is 1.39. The second-order valence-electron chi connectivity index (χ2n) is 7.49. The van der Waals surface area contributed by atoms with Crippen LogP contribution in [0.4, 0.5) is 4.79 Å². The van der Waals surface area contributed by atoms with Gasteiger partial charge in [-0.15, -0.1) is 0 Å². The van der Waals surface area contributed by atoms with Gasteiger partial charge in [0.1, 0.15) is 17.4 Å². The highest BCUT2D eigenvalue weighted by Crippen LogP contribution is 2.36. The van der Waals surface area contributed by atoms with Gasteiger partial charge in [0.2, 0.25) is 11.6 Å². The Hall–Kier alpha value is -2.14. The zero-order chi connectivity index (χ0) is 19.0. The lowest BCUT2D eigenvalue weighted by Crippen LogP contribution is -2.55. The van der Waals surface area contributed by atoms with Gasteiger partial charge in [-0.3, -0.25) is 9.59 Å². The molecule has 2 aromatic rings. The first kappa shape index (κ1) is 18.2. The molecule has 7 nitrogen and oxygen atoms in total. The zero-order valence-electron chi connectivity index (χ0n) is 15.5. The fourth-order valence-electron chi connectivity index (χ4n) is 3.80. The summed E-state index contributed by atoms with van der Waals surface area (Å²) in [4.78, 5) is 30.3. The number of likely N-dealkylation sites (tertiary alicyclic amines) is 1. The fraction of sp³-hybridized carbons (Fsp3) is 0.526. The molecule has 2 heterocycles. The van der Waals surface area contributed by atoms with Crippen LogP contribution in [0.2, 0.25) is 0 Å². The molecule has 2 amide bonds. The van der Waals surface area contributed by atoms with Crippen LogP contribution in [0.25, 0.3) is 11.0 Å². The Morgan fingerprint density at radius 1 is 1.22 bits per heavy atom. The van der Waals surface area contributed by atoms with E-state index in [0.29, 0.717) is 44.2 Å². The number of rotatable bonds is 5. The van der Waals surface area contributed by atoms with Crippen molar-refractivity contribution in [3.8, 4) is 5.75 Å². The predicted octanol–water partition coefficient (Wildman–Crippen LogP) is 2.87. The van der Waals surface area contributed by atoms with Crippen LogP contribution in [0.5, 0.6) is 5.75 Å². The Morgan fingerprint density at radius 3 is 2.67 bits per heavy atom. The molecule has 144 valence electrons. The second-order valence-corrected chi connectivity index (χ2v) is 9.02. The molecule has 8 heteroatoms. The average molecular weight is 388 g/mol. The molecular weight excluding hydrogens is 363 g/mol. The molecule has 0 bridgehead atoms. The van der Waals surface area contributed by atoms with E-state index in [9.17, 15) is 9.59 Å². The largest absolute Gasteiger partial charge is 0.484 e. The molecule has 1 saturated carbocycles. The van der Waals surface area contributed by atoms with E-state index < -0.39 is 5.91 Å². The number of ether oxygens (including phenoxy) is 1. The highest BCUT2D eigenvalue weighted by Gasteiger charge is 2.34. The lowest BCUT2D eigenvalue weighted by Gasteiger charge is -2.39. The first-order chi connectivity index (χ1) is 13.0. The van der Waals surface area contributed by atoms with Crippen molar-refractivity contribution in [2.75, 3.05) is 13.1 Å². The summed E-state index contributed by atoms with van der Waals surface area (Å²) in [5, 5.41) is 0. The van der Waals surface area contributed by atoms with Crippen molar-refractivity contribution in [2.45, 2.75) is 43.9 Å². The van der Waals surface area contributed by atoms with Crippen LogP contribution in [-0.4, -0.2) is 50.9 Å². The number of amides is 2. The maximum Gasteiger partial charge on any atom is 0.248 e. The van der Waals surface area contributed by atoms with Gasteiger partial charge in [-0.05, 0) is 39.2 Å². The van der Waals surface area contributed by atoms with Crippen LogP contribution in [0.3, 0.4) is 0 Å². The Morgan fingerprint density at radius 2 is 1.96 bits per heavy atom. The number of carbonyl (C=O) groups excluding carboxylic acids is 2. The van der Waals surface area contributed by atoms with Crippen LogP contribution >= 0.6 is 8.58 Å². The molecule has 2 fully saturated rings. The summed E-state index contributed by atoms with van der Waals surface area (Å²) in [6.07, 6.45) is 7.81. The first-order valence-electron chi connectivity index (χ1n) is 9.48. The van der Waals surface area contributed by atoms with E-state index in [2.05, 4.69) is 4.98 Å². The van der Waals surface area contributed by atoms with Crippen LogP contribution in [-0.2, 0) is 7.05 Å². The van der Waals surface area contributed by atoms with Crippen molar-refractivity contribution in [3.05, 3.63) is 24.0 Å². The monoisotopic (exact) mass is 388 g/mol. The smallest absolute Gasteiger partial charge is 0.248 e. The van der Waals surface area contributed by atoms with Gasteiger partial charge in [0.05, 0.1) is 24.9 Å². The van der Waals surface area contributed by atoms with E-state index in [1.165, 1.54) is 32.1 Å². The molecule has 2 aliphatic rings. The molecule has 4 rings (SSSR count). The van der Waals surface area contributed by atoms with Crippen molar-refractivity contribution in [3.63, 3.8) is 0 Å². The van der Waals surface area contributed by atoms with Gasteiger partial charge in [0, 0.05) is 12.6 Å². The van der Waals surface area contributed by atoms with Gasteiger partial charge in [-0.1, -0.05) is 19.3 Å². The normalized spacial score (nSPS) is 18.9. The van der Waals surface area contributed by atoms with E-state index in [1.807, 2.05) is 16.5 Å². The van der Waals surface area contributed by atoms with Gasteiger partial charge in [0.25, 0.3) is 0 Å². The van der Waals surface area contributed by atoms with Gasteiger partial charge in [0.15, 0.2) is 0 Å². The number of aromatic nitrogens is 2. The summed E-state index contributed by atoms with van der Waals surface area (Å²) in [6, 6.07) is 3.37. The summed E-state index contributed by atoms with van der Waals surface area (Å²) in [6.45, 7) is 1.18. The second kappa shape index (κ2) is 7.47. The molecule has 1 aromatic carbocycles. The van der Waals surface area contributed by atoms with Crippen molar-refractivity contribution < 1.29 is 14.3 Å². The number of hydrogen-bond donors (Lipinski definition) is 1. The number of nitrogens with zero attached hydrogens (tertiary/aromatic N) is 3. The van der Waals surface area contributed by atoms with Gasteiger partial charge >= 0.3 is 0 Å². The summed E-state index contributed by atoms with van der Waals surface area (Å²) < 4.78 is 7.89. The molecule has 1 aliphatic heterocycles. The van der Waals surface area contributed by atoms with E-state index >= 15 is 0 Å². The molecule has 1 aromatic heterocycles. The summed E-state index contributed by atoms with van der Waals surface area (Å²) in [5.41, 5.74) is 8.18. The minimum atomic E-state index is -0.498. The number of benzene rings is 1. The molecule has 1 unspecified atom stereocenters. The number of carbonyl (C=O) groups is 2. The minimum Gasteiger partial charge on any atom is -0.484 e. The standard InChI is InChI=1S/C19H25N4O3P/c1-22-11-21-17-15(22)7-12(18(20)24)8-16(17)26-13-9-23(10-13)19(25)27-14-5-3-2-4-6-14/h7-8,11,13-14,27H,2-6,9-10H2,1H3,(H2,20,24). The van der Waals surface area contributed by atoms with Crippen molar-refractivity contribution in [2.24, 2.45) is 12.8 Å². The molecule has 1 aliphatic carbocycles. The molecule has 0 spiro atoms. The number of fused-ring (bicyclic) bond motifs is 1. The summed E-state index contributed by atoms with van der Waals surface area (Å²) in [5.74, 6) is 0.0516. The van der Waals surface area contributed by atoms with Crippen LogP contribution in [0, 0.1) is 0 Å². The number of primary amides is 1. The quantitative estimate of drug-likeness (QED) is 0.798. The third-order valence-corrected chi connectivity index (χ3v) is 6.99. The minimum absolute atomic E-state index is 0.0709. The van der Waals surface area contributed by atoms with Crippen LogP contribution in [0.1, 0.15) is 42.5 Å². The summed E-state index contributed by atoms with van der Waals surface area (Å²) in [7, 11) is 2.25. The number of aryl methyl sites for hydroxylation is 1. The van der Waals surface area contributed by atoms with Gasteiger partial charge < -0.3 is 19.9 Å². The van der Waals surface area contributed by atoms with E-state index in [1.54, 1.807) is 18.5 Å². The molecule has 2 N–H and O–H groups in total. The van der Waals surface area contributed by atoms with Gasteiger partial charge in [-0.25, -0.2) is 4.98 Å². The lowest BCUT2D eigenvalue weighted by atomic mass is 10.0. The third-order valence-electron chi connectivity index (χ3n) is 5.44. The fourth-order valence-corrected chi connectivity index (χ4v) is 5.21. The zero-order valence-corrected chi connectivity index (χ0v) is 16.5. The highest BCUT2D eigenvalue weighted by molar-refractivity contribution is 7.58. The average Bonchev–Trinajstić information content (AvgIpc) is 2.99. The summed E-state index contributed by atoms with van der Waals surface area (Å²) >= 11 is 0. The molecule has 1 atom stereocenters. The Kier molecular flexibility index (Phi) is 5.04. The van der Waals surface area contributed by atoms with E-state index in [4.69, 9.17) is 10.5 Å². The maximum atomic E-state index is 12.5. The molecule has 1 saturated heterocycles. The number of nitrogens with two attached hydrogens (primary N) is 1. The van der Waals surface area contributed by atoms with Crippen LogP contribution < -0.4 is 10.5 Å². The van der Waals surface area contributed by atoms with E-state index in [0.717, 1.165) is 5.52 Å². The Bertz CT molecular complexity index is 869. The molecular formula is C19H25N4O3P. The predicted molar refractivity (Wildman–Crippen MR) is 106 cm³/mol. The number of hydrogen-bond acceptors (Lipinski definition) is 4.